The quantitative estimate of drug-likeness (QED) is 0.634. The lowest BCUT2D eigenvalue weighted by Gasteiger charge is -2.37. The van der Waals surface area contributed by atoms with Crippen molar-refractivity contribution in [2.45, 2.75) is 33.6 Å². The van der Waals surface area contributed by atoms with E-state index in [0.717, 1.165) is 5.57 Å². The highest BCUT2D eigenvalue weighted by molar-refractivity contribution is 6.09. The standard InChI is InChI=1S/C14H18O2/c1-9-5-4-8-14(2,3)13(9)12-10(15)6-7-11(12)16/h4-5,8,12-13H,6-7H2,1-3H3. The second kappa shape index (κ2) is 3.69. The lowest BCUT2D eigenvalue weighted by atomic mass is 9.65. The minimum absolute atomic E-state index is 0.0556. The van der Waals surface area contributed by atoms with E-state index >= 15 is 0 Å². The Kier molecular flexibility index (Phi) is 2.61. The Morgan fingerprint density at radius 2 is 1.75 bits per heavy atom. The van der Waals surface area contributed by atoms with Crippen LogP contribution >= 0.6 is 0 Å². The lowest BCUT2D eigenvalue weighted by molar-refractivity contribution is -0.130. The monoisotopic (exact) mass is 218 g/mol. The molecule has 2 nitrogen and oxygen atoms in total. The van der Waals surface area contributed by atoms with Crippen LogP contribution < -0.4 is 0 Å². The molecule has 2 aliphatic carbocycles. The molecule has 0 aromatic heterocycles. The molecule has 86 valence electrons. The lowest BCUT2D eigenvalue weighted by Crippen LogP contribution is -2.36. The Bertz CT molecular complexity index is 383. The zero-order valence-corrected chi connectivity index (χ0v) is 10.1. The van der Waals surface area contributed by atoms with E-state index in [1.807, 2.05) is 19.1 Å². The maximum absolute atomic E-state index is 11.8. The summed E-state index contributed by atoms with van der Waals surface area (Å²) in [5.41, 5.74) is 1.06. The van der Waals surface area contributed by atoms with E-state index in [1.165, 1.54) is 0 Å². The van der Waals surface area contributed by atoms with Crippen molar-refractivity contribution < 1.29 is 9.59 Å². The van der Waals surface area contributed by atoms with E-state index in [0.29, 0.717) is 12.8 Å². The molecule has 1 atom stereocenters. The highest BCUT2D eigenvalue weighted by Gasteiger charge is 2.45. The van der Waals surface area contributed by atoms with Gasteiger partial charge in [-0.15, -0.1) is 0 Å². The average Bonchev–Trinajstić information content (AvgIpc) is 2.48. The van der Waals surface area contributed by atoms with Crippen LogP contribution in [0.1, 0.15) is 33.6 Å². The molecule has 0 spiro atoms. The summed E-state index contributed by atoms with van der Waals surface area (Å²) in [7, 11) is 0. The molecule has 0 radical (unpaired) electrons. The van der Waals surface area contributed by atoms with Crippen LogP contribution in [0.5, 0.6) is 0 Å². The predicted octanol–water partition coefficient (Wildman–Crippen LogP) is 2.69. The van der Waals surface area contributed by atoms with Crippen molar-refractivity contribution >= 4 is 11.6 Å². The fourth-order valence-electron chi connectivity index (χ4n) is 3.04. The van der Waals surface area contributed by atoms with E-state index in [4.69, 9.17) is 0 Å². The van der Waals surface area contributed by atoms with Crippen LogP contribution in [0.3, 0.4) is 0 Å². The van der Waals surface area contributed by atoms with E-state index in [1.54, 1.807) is 0 Å². The number of carbonyl (C=O) groups excluding carboxylic acids is 2. The molecule has 2 aliphatic rings. The molecule has 0 aliphatic heterocycles. The third-order valence-electron chi connectivity index (χ3n) is 3.82. The maximum Gasteiger partial charge on any atom is 0.144 e. The van der Waals surface area contributed by atoms with Gasteiger partial charge in [0.05, 0.1) is 5.92 Å². The van der Waals surface area contributed by atoms with Crippen LogP contribution in [0.4, 0.5) is 0 Å². The van der Waals surface area contributed by atoms with Crippen LogP contribution in [-0.4, -0.2) is 11.6 Å². The summed E-state index contributed by atoms with van der Waals surface area (Å²) >= 11 is 0. The minimum atomic E-state index is -0.392. The van der Waals surface area contributed by atoms with Gasteiger partial charge < -0.3 is 0 Å². The number of allylic oxidation sites excluding steroid dienone is 4. The molecule has 0 N–H and O–H groups in total. The Morgan fingerprint density at radius 1 is 1.19 bits per heavy atom. The normalized spacial score (nSPS) is 29.7. The molecule has 0 amide bonds. The van der Waals surface area contributed by atoms with Gasteiger partial charge in [-0.25, -0.2) is 0 Å². The third-order valence-corrected chi connectivity index (χ3v) is 3.82. The van der Waals surface area contributed by atoms with Crippen LogP contribution in [0.15, 0.2) is 23.8 Å². The molecule has 16 heavy (non-hydrogen) atoms. The molecule has 0 heterocycles. The number of rotatable bonds is 1. The van der Waals surface area contributed by atoms with Gasteiger partial charge in [0.1, 0.15) is 11.6 Å². The van der Waals surface area contributed by atoms with E-state index in [-0.39, 0.29) is 22.9 Å². The van der Waals surface area contributed by atoms with Gasteiger partial charge in [0, 0.05) is 18.8 Å². The number of hydrogen-bond acceptors (Lipinski definition) is 2. The number of hydrogen-bond donors (Lipinski definition) is 0. The van der Waals surface area contributed by atoms with Gasteiger partial charge in [0.15, 0.2) is 0 Å². The second-order valence-electron chi connectivity index (χ2n) is 5.48. The minimum Gasteiger partial charge on any atom is -0.299 e. The zero-order valence-electron chi connectivity index (χ0n) is 10.1. The maximum atomic E-state index is 11.8. The van der Waals surface area contributed by atoms with Crippen molar-refractivity contribution in [3.05, 3.63) is 23.8 Å². The molecule has 0 aromatic carbocycles. The van der Waals surface area contributed by atoms with Crippen molar-refractivity contribution in [3.8, 4) is 0 Å². The Labute approximate surface area is 96.4 Å². The summed E-state index contributed by atoms with van der Waals surface area (Å²) in [6.07, 6.45) is 7.02. The topological polar surface area (TPSA) is 34.1 Å². The molecule has 2 rings (SSSR count). The van der Waals surface area contributed by atoms with Gasteiger partial charge in [0.25, 0.3) is 0 Å². The van der Waals surface area contributed by atoms with Gasteiger partial charge >= 0.3 is 0 Å². The smallest absolute Gasteiger partial charge is 0.144 e. The molecule has 2 heteroatoms. The van der Waals surface area contributed by atoms with E-state index < -0.39 is 5.92 Å². The summed E-state index contributed by atoms with van der Waals surface area (Å²) in [5.74, 6) is -0.0755. The van der Waals surface area contributed by atoms with Crippen LogP contribution in [0.2, 0.25) is 0 Å². The van der Waals surface area contributed by atoms with Gasteiger partial charge in [-0.3, -0.25) is 9.59 Å². The summed E-state index contributed by atoms with van der Waals surface area (Å²) < 4.78 is 0. The largest absolute Gasteiger partial charge is 0.299 e. The first-order valence-corrected chi connectivity index (χ1v) is 5.85. The first-order valence-electron chi connectivity index (χ1n) is 5.85. The number of ketones is 2. The zero-order chi connectivity index (χ0) is 11.9. The average molecular weight is 218 g/mol. The molecule has 0 aromatic rings. The van der Waals surface area contributed by atoms with Crippen molar-refractivity contribution in [1.29, 1.82) is 0 Å². The van der Waals surface area contributed by atoms with Gasteiger partial charge in [-0.1, -0.05) is 37.6 Å². The Morgan fingerprint density at radius 3 is 2.25 bits per heavy atom. The molecule has 1 fully saturated rings. The molecule has 0 bridgehead atoms. The molecular formula is C14H18O2. The van der Waals surface area contributed by atoms with Gasteiger partial charge in [0.2, 0.25) is 0 Å². The molecular weight excluding hydrogens is 200 g/mol. The SMILES string of the molecule is CC1=CC=CC(C)(C)C1C1C(=O)CCC1=O. The first kappa shape index (κ1) is 11.3. The highest BCUT2D eigenvalue weighted by Crippen LogP contribution is 2.44. The number of carbonyl (C=O) groups is 2. The Balaban J connectivity index is 2.39. The second-order valence-corrected chi connectivity index (χ2v) is 5.48. The summed E-state index contributed by atoms with van der Waals surface area (Å²) in [6, 6.07) is 0. The van der Waals surface area contributed by atoms with Crippen molar-refractivity contribution in [3.63, 3.8) is 0 Å². The van der Waals surface area contributed by atoms with E-state index in [9.17, 15) is 9.59 Å². The fourth-order valence-corrected chi connectivity index (χ4v) is 3.04. The summed E-state index contributed by atoms with van der Waals surface area (Å²) in [5, 5.41) is 0. The van der Waals surface area contributed by atoms with Crippen LogP contribution in [-0.2, 0) is 9.59 Å². The van der Waals surface area contributed by atoms with Gasteiger partial charge in [-0.05, 0) is 12.3 Å². The summed E-state index contributed by atoms with van der Waals surface area (Å²) in [6.45, 7) is 6.22. The Hall–Kier alpha value is -1.18. The number of Topliss-reactive ketones (excluding diaryl/α,β-unsaturated/α-hetero) is 2. The van der Waals surface area contributed by atoms with Gasteiger partial charge in [-0.2, -0.15) is 0 Å². The third kappa shape index (κ3) is 1.66. The summed E-state index contributed by atoms with van der Waals surface area (Å²) in [4.78, 5) is 23.7. The van der Waals surface area contributed by atoms with Crippen molar-refractivity contribution in [1.82, 2.24) is 0 Å². The predicted molar refractivity (Wildman–Crippen MR) is 62.9 cm³/mol. The van der Waals surface area contributed by atoms with Crippen molar-refractivity contribution in [2.24, 2.45) is 17.3 Å². The fraction of sp³-hybridized carbons (Fsp3) is 0.571. The molecule has 1 saturated carbocycles. The van der Waals surface area contributed by atoms with Crippen LogP contribution in [0, 0.1) is 17.3 Å². The molecule has 1 unspecified atom stereocenters. The highest BCUT2D eigenvalue weighted by atomic mass is 16.2. The van der Waals surface area contributed by atoms with Crippen molar-refractivity contribution in [2.75, 3.05) is 0 Å². The van der Waals surface area contributed by atoms with Crippen LogP contribution in [0.25, 0.3) is 0 Å². The first-order chi connectivity index (χ1) is 7.43. The molecule has 0 saturated heterocycles. The van der Waals surface area contributed by atoms with E-state index in [2.05, 4.69) is 19.9 Å².